The second kappa shape index (κ2) is 5.41. The molecule has 1 amide bonds. The highest BCUT2D eigenvalue weighted by atomic mass is 16.3. The third-order valence-electron chi connectivity index (χ3n) is 2.94. The molecule has 0 heterocycles. The second-order valence-corrected chi connectivity index (χ2v) is 4.09. The van der Waals surface area contributed by atoms with Crippen LogP contribution in [0.1, 0.15) is 37.0 Å². The van der Waals surface area contributed by atoms with E-state index in [4.69, 9.17) is 5.26 Å². The monoisotopic (exact) mass is 248 g/mol. The number of benzene rings is 1. The zero-order chi connectivity index (χ0) is 13.8. The number of hydrogen-bond donors (Lipinski definition) is 3. The number of aromatic hydroxyl groups is 2. The van der Waals surface area contributed by atoms with Gasteiger partial charge in [0.15, 0.2) is 0 Å². The Balaban J connectivity index is 2.98. The quantitative estimate of drug-likeness (QED) is 0.758. The zero-order valence-corrected chi connectivity index (χ0v) is 10.4. The molecule has 0 aliphatic carbocycles. The van der Waals surface area contributed by atoms with Gasteiger partial charge in [0.1, 0.15) is 17.0 Å². The Kier molecular flexibility index (Phi) is 4.16. The number of hydrogen-bond acceptors (Lipinski definition) is 4. The standard InChI is InChI=1S/C13H16N2O3/c1-3-13(4-2,8-14)15-12(18)9-5-10(16)7-11(17)6-9/h5-7,16-17H,3-4H2,1-2H3,(H,15,18). The zero-order valence-electron chi connectivity index (χ0n) is 10.4. The molecule has 0 aromatic heterocycles. The SMILES string of the molecule is CCC(C#N)(CC)NC(=O)c1cc(O)cc(O)c1. The molecule has 0 saturated heterocycles. The number of amides is 1. The van der Waals surface area contributed by atoms with Crippen LogP contribution in [0.4, 0.5) is 0 Å². The molecule has 0 spiro atoms. The van der Waals surface area contributed by atoms with Gasteiger partial charge in [-0.2, -0.15) is 5.26 Å². The van der Waals surface area contributed by atoms with E-state index in [1.54, 1.807) is 0 Å². The fourth-order valence-electron chi connectivity index (χ4n) is 1.63. The maximum Gasteiger partial charge on any atom is 0.252 e. The average molecular weight is 248 g/mol. The number of rotatable bonds is 4. The van der Waals surface area contributed by atoms with Crippen LogP contribution < -0.4 is 5.32 Å². The molecule has 5 nitrogen and oxygen atoms in total. The van der Waals surface area contributed by atoms with Crippen molar-refractivity contribution in [2.45, 2.75) is 32.2 Å². The summed E-state index contributed by atoms with van der Waals surface area (Å²) in [6, 6.07) is 5.70. The molecule has 1 aromatic carbocycles. The fourth-order valence-corrected chi connectivity index (χ4v) is 1.63. The van der Waals surface area contributed by atoms with Crippen LogP contribution >= 0.6 is 0 Å². The van der Waals surface area contributed by atoms with Crippen molar-refractivity contribution >= 4 is 5.91 Å². The van der Waals surface area contributed by atoms with Gasteiger partial charge in [-0.15, -0.1) is 0 Å². The molecule has 0 fully saturated rings. The van der Waals surface area contributed by atoms with Gasteiger partial charge in [-0.1, -0.05) is 13.8 Å². The first kappa shape index (κ1) is 13.8. The lowest BCUT2D eigenvalue weighted by Gasteiger charge is -2.24. The van der Waals surface area contributed by atoms with Gasteiger partial charge in [0.25, 0.3) is 5.91 Å². The van der Waals surface area contributed by atoms with E-state index in [1.807, 2.05) is 13.8 Å². The Morgan fingerprint density at radius 1 is 1.28 bits per heavy atom. The van der Waals surface area contributed by atoms with Crippen molar-refractivity contribution in [3.8, 4) is 17.6 Å². The summed E-state index contributed by atoms with van der Waals surface area (Å²) in [5, 5.41) is 30.4. The van der Waals surface area contributed by atoms with E-state index in [9.17, 15) is 15.0 Å². The molecule has 0 aliphatic heterocycles. The van der Waals surface area contributed by atoms with Crippen molar-refractivity contribution in [3.05, 3.63) is 23.8 Å². The predicted octanol–water partition coefficient (Wildman–Crippen LogP) is 1.91. The number of carbonyl (C=O) groups excluding carboxylic acids is 1. The summed E-state index contributed by atoms with van der Waals surface area (Å²) < 4.78 is 0. The number of carbonyl (C=O) groups is 1. The van der Waals surface area contributed by atoms with Crippen molar-refractivity contribution in [3.63, 3.8) is 0 Å². The minimum Gasteiger partial charge on any atom is -0.508 e. The van der Waals surface area contributed by atoms with E-state index in [-0.39, 0.29) is 17.1 Å². The number of nitrogens with one attached hydrogen (secondary N) is 1. The summed E-state index contributed by atoms with van der Waals surface area (Å²) in [5.74, 6) is -0.891. The molecule has 1 rings (SSSR count). The minimum atomic E-state index is -0.918. The van der Waals surface area contributed by atoms with Crippen molar-refractivity contribution in [2.75, 3.05) is 0 Å². The molecule has 0 aliphatic rings. The maximum absolute atomic E-state index is 12.0. The minimum absolute atomic E-state index is 0.119. The van der Waals surface area contributed by atoms with Gasteiger partial charge in [-0.3, -0.25) is 4.79 Å². The van der Waals surface area contributed by atoms with Gasteiger partial charge >= 0.3 is 0 Å². The van der Waals surface area contributed by atoms with Crippen LogP contribution in [0.5, 0.6) is 11.5 Å². The van der Waals surface area contributed by atoms with Crippen molar-refractivity contribution in [1.29, 1.82) is 5.26 Å². The van der Waals surface area contributed by atoms with Crippen molar-refractivity contribution in [2.24, 2.45) is 0 Å². The summed E-state index contributed by atoms with van der Waals surface area (Å²) in [6.45, 7) is 3.62. The summed E-state index contributed by atoms with van der Waals surface area (Å²) in [5.41, 5.74) is -0.799. The number of phenolic OH excluding ortho intramolecular Hbond substituents is 2. The highest BCUT2D eigenvalue weighted by Gasteiger charge is 2.28. The van der Waals surface area contributed by atoms with Crippen molar-refractivity contribution < 1.29 is 15.0 Å². The summed E-state index contributed by atoms with van der Waals surface area (Å²) in [4.78, 5) is 12.0. The Hall–Kier alpha value is -2.22. The lowest BCUT2D eigenvalue weighted by Crippen LogP contribution is -2.46. The van der Waals surface area contributed by atoms with Crippen LogP contribution in [-0.2, 0) is 0 Å². The molecular formula is C13H16N2O3. The normalized spacial score (nSPS) is 10.7. The predicted molar refractivity (Wildman–Crippen MR) is 66.2 cm³/mol. The molecule has 0 atom stereocenters. The van der Waals surface area contributed by atoms with Gasteiger partial charge in [-0.05, 0) is 25.0 Å². The molecule has 0 radical (unpaired) electrons. The highest BCUT2D eigenvalue weighted by Crippen LogP contribution is 2.21. The number of phenols is 2. The Bertz CT molecular complexity index is 467. The first-order chi connectivity index (χ1) is 8.46. The van der Waals surface area contributed by atoms with E-state index < -0.39 is 11.4 Å². The molecule has 96 valence electrons. The molecule has 0 unspecified atom stereocenters. The number of nitrogens with zero attached hydrogens (tertiary/aromatic N) is 1. The van der Waals surface area contributed by atoms with E-state index in [2.05, 4.69) is 11.4 Å². The molecule has 18 heavy (non-hydrogen) atoms. The van der Waals surface area contributed by atoms with Crippen LogP contribution in [0.15, 0.2) is 18.2 Å². The van der Waals surface area contributed by atoms with Crippen LogP contribution in [0.2, 0.25) is 0 Å². The third kappa shape index (κ3) is 2.92. The van der Waals surface area contributed by atoms with Gasteiger partial charge < -0.3 is 15.5 Å². The summed E-state index contributed by atoms with van der Waals surface area (Å²) in [7, 11) is 0. The largest absolute Gasteiger partial charge is 0.508 e. The van der Waals surface area contributed by atoms with Crippen molar-refractivity contribution in [1.82, 2.24) is 5.32 Å². The number of nitriles is 1. The molecule has 3 N–H and O–H groups in total. The van der Waals surface area contributed by atoms with Gasteiger partial charge in [0.2, 0.25) is 0 Å². The smallest absolute Gasteiger partial charge is 0.252 e. The fraction of sp³-hybridized carbons (Fsp3) is 0.385. The first-order valence-electron chi connectivity index (χ1n) is 5.73. The molecule has 5 heteroatoms. The summed E-state index contributed by atoms with van der Waals surface area (Å²) in [6.07, 6.45) is 0.965. The van der Waals surface area contributed by atoms with Crippen LogP contribution in [0.3, 0.4) is 0 Å². The van der Waals surface area contributed by atoms with E-state index in [0.717, 1.165) is 6.07 Å². The summed E-state index contributed by atoms with van der Waals surface area (Å²) >= 11 is 0. The maximum atomic E-state index is 12.0. The highest BCUT2D eigenvalue weighted by molar-refractivity contribution is 5.95. The molecule has 0 saturated carbocycles. The van der Waals surface area contributed by atoms with Crippen LogP contribution in [0.25, 0.3) is 0 Å². The van der Waals surface area contributed by atoms with Crippen LogP contribution in [0, 0.1) is 11.3 Å². The van der Waals surface area contributed by atoms with Crippen LogP contribution in [-0.4, -0.2) is 21.7 Å². The second-order valence-electron chi connectivity index (χ2n) is 4.09. The topological polar surface area (TPSA) is 93.4 Å². The Labute approximate surface area is 106 Å². The van der Waals surface area contributed by atoms with E-state index in [1.165, 1.54) is 12.1 Å². The van der Waals surface area contributed by atoms with E-state index in [0.29, 0.717) is 12.8 Å². The molecule has 1 aromatic rings. The average Bonchev–Trinajstić information content (AvgIpc) is 2.35. The molecule has 0 bridgehead atoms. The lowest BCUT2D eigenvalue weighted by molar-refractivity contribution is 0.0914. The Morgan fingerprint density at radius 2 is 1.78 bits per heavy atom. The Morgan fingerprint density at radius 3 is 2.17 bits per heavy atom. The lowest BCUT2D eigenvalue weighted by atomic mass is 9.94. The van der Waals surface area contributed by atoms with Gasteiger partial charge in [0.05, 0.1) is 6.07 Å². The first-order valence-corrected chi connectivity index (χ1v) is 5.73. The molecular weight excluding hydrogens is 232 g/mol. The van der Waals surface area contributed by atoms with Gasteiger partial charge in [0, 0.05) is 11.6 Å². The van der Waals surface area contributed by atoms with E-state index >= 15 is 0 Å². The third-order valence-corrected chi connectivity index (χ3v) is 2.94. The van der Waals surface area contributed by atoms with Gasteiger partial charge in [-0.25, -0.2) is 0 Å².